The van der Waals surface area contributed by atoms with Crippen LogP contribution in [0.1, 0.15) is 26.0 Å². The van der Waals surface area contributed by atoms with Crippen LogP contribution in [0.3, 0.4) is 0 Å². The smallest absolute Gasteiger partial charge is 0.161 e. The van der Waals surface area contributed by atoms with E-state index in [0.29, 0.717) is 10.8 Å². The molecule has 0 unspecified atom stereocenters. The van der Waals surface area contributed by atoms with Gasteiger partial charge in [0.05, 0.1) is 15.2 Å². The van der Waals surface area contributed by atoms with Crippen molar-refractivity contribution in [3.63, 3.8) is 0 Å². The summed E-state index contributed by atoms with van der Waals surface area (Å²) in [7, 11) is 0. The van der Waals surface area contributed by atoms with E-state index < -0.39 is 0 Å². The van der Waals surface area contributed by atoms with Gasteiger partial charge in [-0.1, -0.05) is 24.9 Å². The highest BCUT2D eigenvalue weighted by Crippen LogP contribution is 2.31. The van der Waals surface area contributed by atoms with Gasteiger partial charge in [-0.25, -0.2) is 9.97 Å². The van der Waals surface area contributed by atoms with Gasteiger partial charge in [0.25, 0.3) is 0 Å². The summed E-state index contributed by atoms with van der Waals surface area (Å²) in [6.45, 7) is 4.99. The second kappa shape index (κ2) is 7.56. The van der Waals surface area contributed by atoms with Crippen LogP contribution < -0.4 is 5.32 Å². The van der Waals surface area contributed by atoms with Crippen molar-refractivity contribution >= 4 is 49.3 Å². The summed E-state index contributed by atoms with van der Waals surface area (Å²) in [4.78, 5) is 9.28. The Morgan fingerprint density at radius 1 is 1.19 bits per heavy atom. The molecule has 0 aliphatic rings. The Balaban J connectivity index is 2.53. The van der Waals surface area contributed by atoms with Crippen LogP contribution in [-0.4, -0.2) is 16.5 Å². The third-order valence-corrected chi connectivity index (χ3v) is 4.99. The standard InChI is InChI=1S/C15H16Br2ClN3/c1-3-5-12-13(17)15(19-4-2)21-14(20-12)9-6-7-10(16)11(18)8-9/h6-8H,3-5H2,1-2H3,(H,19,20,21). The van der Waals surface area contributed by atoms with E-state index in [1.165, 1.54) is 0 Å². The number of benzene rings is 1. The largest absolute Gasteiger partial charge is 0.369 e. The molecule has 2 aromatic rings. The van der Waals surface area contributed by atoms with Crippen molar-refractivity contribution in [2.45, 2.75) is 26.7 Å². The molecule has 1 aromatic carbocycles. The fourth-order valence-electron chi connectivity index (χ4n) is 1.94. The molecule has 2 rings (SSSR count). The number of hydrogen-bond acceptors (Lipinski definition) is 3. The molecule has 0 amide bonds. The molecule has 0 bridgehead atoms. The Kier molecular flexibility index (Phi) is 6.02. The lowest BCUT2D eigenvalue weighted by Gasteiger charge is -2.12. The first kappa shape index (κ1) is 16.7. The highest BCUT2D eigenvalue weighted by atomic mass is 79.9. The summed E-state index contributed by atoms with van der Waals surface area (Å²) in [6.07, 6.45) is 1.93. The molecule has 1 aromatic heterocycles. The van der Waals surface area contributed by atoms with E-state index in [-0.39, 0.29) is 0 Å². The molecule has 6 heteroatoms. The number of aromatic nitrogens is 2. The van der Waals surface area contributed by atoms with Gasteiger partial charge in [-0.05, 0) is 63.4 Å². The number of aryl methyl sites for hydroxylation is 1. The SMILES string of the molecule is CCCc1nc(-c2ccc(Br)c(Cl)c2)nc(NCC)c1Br. The molecular weight excluding hydrogens is 417 g/mol. The first-order valence-corrected chi connectivity index (χ1v) is 8.78. The van der Waals surface area contributed by atoms with Crippen molar-refractivity contribution in [2.24, 2.45) is 0 Å². The molecule has 0 saturated carbocycles. The Morgan fingerprint density at radius 3 is 2.57 bits per heavy atom. The summed E-state index contributed by atoms with van der Waals surface area (Å²) in [6, 6.07) is 5.75. The van der Waals surface area contributed by atoms with Crippen molar-refractivity contribution < 1.29 is 0 Å². The predicted octanol–water partition coefficient (Wildman–Crippen LogP) is 5.71. The van der Waals surface area contributed by atoms with Crippen LogP contribution in [0.25, 0.3) is 11.4 Å². The molecule has 112 valence electrons. The molecule has 0 atom stereocenters. The number of hydrogen-bond donors (Lipinski definition) is 1. The molecule has 0 aliphatic heterocycles. The highest BCUT2D eigenvalue weighted by Gasteiger charge is 2.13. The van der Waals surface area contributed by atoms with Gasteiger partial charge in [-0.3, -0.25) is 0 Å². The molecule has 0 saturated heterocycles. The number of halogens is 3. The lowest BCUT2D eigenvalue weighted by Crippen LogP contribution is -2.06. The lowest BCUT2D eigenvalue weighted by atomic mass is 10.2. The van der Waals surface area contributed by atoms with Gasteiger partial charge in [0.2, 0.25) is 0 Å². The number of nitrogens with zero attached hydrogens (tertiary/aromatic N) is 2. The van der Waals surface area contributed by atoms with Crippen LogP contribution >= 0.6 is 43.5 Å². The van der Waals surface area contributed by atoms with Gasteiger partial charge < -0.3 is 5.32 Å². The Morgan fingerprint density at radius 2 is 1.95 bits per heavy atom. The molecule has 21 heavy (non-hydrogen) atoms. The third kappa shape index (κ3) is 3.96. The number of anilines is 1. The van der Waals surface area contributed by atoms with Crippen molar-refractivity contribution in [2.75, 3.05) is 11.9 Å². The number of nitrogens with one attached hydrogen (secondary N) is 1. The van der Waals surface area contributed by atoms with E-state index >= 15 is 0 Å². The van der Waals surface area contributed by atoms with Gasteiger partial charge in [0, 0.05) is 16.6 Å². The zero-order chi connectivity index (χ0) is 15.4. The van der Waals surface area contributed by atoms with Crippen LogP contribution in [0.4, 0.5) is 5.82 Å². The third-order valence-electron chi connectivity index (χ3n) is 2.93. The van der Waals surface area contributed by atoms with Crippen LogP contribution in [0.2, 0.25) is 5.02 Å². The topological polar surface area (TPSA) is 37.8 Å². The molecule has 0 radical (unpaired) electrons. The second-order valence-electron chi connectivity index (χ2n) is 4.57. The fourth-order valence-corrected chi connectivity index (χ4v) is 2.89. The maximum atomic E-state index is 6.17. The summed E-state index contributed by atoms with van der Waals surface area (Å²) >= 11 is 13.2. The summed E-state index contributed by atoms with van der Waals surface area (Å²) in [5.41, 5.74) is 1.92. The minimum atomic E-state index is 0.654. The molecule has 0 spiro atoms. The van der Waals surface area contributed by atoms with Crippen molar-refractivity contribution in [3.8, 4) is 11.4 Å². The van der Waals surface area contributed by atoms with Crippen LogP contribution in [0, 0.1) is 0 Å². The van der Waals surface area contributed by atoms with Crippen LogP contribution in [-0.2, 0) is 6.42 Å². The summed E-state index contributed by atoms with van der Waals surface area (Å²) in [5, 5.41) is 3.92. The molecule has 3 nitrogen and oxygen atoms in total. The molecule has 0 fully saturated rings. The van der Waals surface area contributed by atoms with Crippen LogP contribution in [0.5, 0.6) is 0 Å². The zero-order valence-electron chi connectivity index (χ0n) is 11.9. The zero-order valence-corrected chi connectivity index (χ0v) is 15.8. The average Bonchev–Trinajstić information content (AvgIpc) is 2.46. The lowest BCUT2D eigenvalue weighted by molar-refractivity contribution is 0.867. The van der Waals surface area contributed by atoms with E-state index in [2.05, 4.69) is 54.1 Å². The Bertz CT molecular complexity index is 620. The molecule has 1 N–H and O–H groups in total. The average molecular weight is 434 g/mol. The van der Waals surface area contributed by atoms with Gasteiger partial charge in [0.1, 0.15) is 5.82 Å². The molecular formula is C15H16Br2ClN3. The van der Waals surface area contributed by atoms with Crippen LogP contribution in [0.15, 0.2) is 27.1 Å². The van der Waals surface area contributed by atoms with E-state index in [1.807, 2.05) is 25.1 Å². The highest BCUT2D eigenvalue weighted by molar-refractivity contribution is 9.11. The van der Waals surface area contributed by atoms with Gasteiger partial charge in [-0.2, -0.15) is 0 Å². The van der Waals surface area contributed by atoms with Crippen molar-refractivity contribution in [1.82, 2.24) is 9.97 Å². The Labute approximate surface area is 146 Å². The van der Waals surface area contributed by atoms with E-state index in [9.17, 15) is 0 Å². The molecule has 0 aliphatic carbocycles. The van der Waals surface area contributed by atoms with Gasteiger partial charge >= 0.3 is 0 Å². The minimum Gasteiger partial charge on any atom is -0.369 e. The first-order valence-electron chi connectivity index (χ1n) is 6.82. The first-order chi connectivity index (χ1) is 10.1. The maximum Gasteiger partial charge on any atom is 0.161 e. The minimum absolute atomic E-state index is 0.654. The van der Waals surface area contributed by atoms with Crippen molar-refractivity contribution in [3.05, 3.63) is 37.9 Å². The van der Waals surface area contributed by atoms with Crippen molar-refractivity contribution in [1.29, 1.82) is 0 Å². The van der Waals surface area contributed by atoms with Gasteiger partial charge in [-0.15, -0.1) is 0 Å². The van der Waals surface area contributed by atoms with E-state index in [4.69, 9.17) is 11.6 Å². The predicted molar refractivity (Wildman–Crippen MR) is 96.0 cm³/mol. The molecule has 1 heterocycles. The maximum absolute atomic E-state index is 6.17. The normalized spacial score (nSPS) is 10.7. The summed E-state index contributed by atoms with van der Waals surface area (Å²) < 4.78 is 1.81. The summed E-state index contributed by atoms with van der Waals surface area (Å²) in [5.74, 6) is 1.51. The van der Waals surface area contributed by atoms with Gasteiger partial charge in [0.15, 0.2) is 5.82 Å². The monoisotopic (exact) mass is 431 g/mol. The quantitative estimate of drug-likeness (QED) is 0.657. The second-order valence-corrected chi connectivity index (χ2v) is 6.62. The number of rotatable bonds is 5. The fraction of sp³-hybridized carbons (Fsp3) is 0.333. The van der Waals surface area contributed by atoms with E-state index in [1.54, 1.807) is 0 Å². The van der Waals surface area contributed by atoms with E-state index in [0.717, 1.165) is 45.4 Å². The Hall–Kier alpha value is -0.650.